The van der Waals surface area contributed by atoms with E-state index in [2.05, 4.69) is 10.6 Å². The van der Waals surface area contributed by atoms with Gasteiger partial charge >= 0.3 is 30.0 Å². The Morgan fingerprint density at radius 3 is 1.86 bits per heavy atom. The van der Waals surface area contributed by atoms with Gasteiger partial charge in [-0.15, -0.1) is 0 Å². The fourth-order valence-electron chi connectivity index (χ4n) is 5.95. The van der Waals surface area contributed by atoms with E-state index in [-0.39, 0.29) is 12.5 Å². The molecule has 0 saturated carbocycles. The van der Waals surface area contributed by atoms with Gasteiger partial charge in [-0.3, -0.25) is 19.2 Å². The fraction of sp³-hybridized carbons (Fsp3) is 0.500. The zero-order chi connectivity index (χ0) is 37.5. The van der Waals surface area contributed by atoms with Crippen LogP contribution in [0.3, 0.4) is 0 Å². The van der Waals surface area contributed by atoms with E-state index in [1.165, 1.54) is 6.92 Å². The summed E-state index contributed by atoms with van der Waals surface area (Å²) in [4.78, 5) is 74.8. The summed E-state index contributed by atoms with van der Waals surface area (Å²) in [5, 5.41) is 5.09. The molecule has 0 radical (unpaired) electrons. The number of esters is 4. The molecule has 1 unspecified atom stereocenters. The van der Waals surface area contributed by atoms with Gasteiger partial charge in [0.25, 0.3) is 0 Å². The molecule has 4 rings (SSSR count). The smallest absolute Gasteiger partial charge is 0.407 e. The molecule has 2 aliphatic rings. The number of amides is 2. The molecule has 15 heteroatoms. The Balaban J connectivity index is 1.56. The molecule has 6 atom stereocenters. The van der Waals surface area contributed by atoms with Crippen molar-refractivity contribution in [1.29, 1.82) is 0 Å². The number of carbonyl (C=O) groups is 6. The van der Waals surface area contributed by atoms with Gasteiger partial charge < -0.3 is 43.8 Å². The maximum atomic E-state index is 13.4. The summed E-state index contributed by atoms with van der Waals surface area (Å²) in [5.74, 6) is -3.94. The summed E-state index contributed by atoms with van der Waals surface area (Å²) in [7, 11) is 0. The van der Waals surface area contributed by atoms with Gasteiger partial charge in [-0.1, -0.05) is 48.5 Å². The van der Waals surface area contributed by atoms with E-state index in [9.17, 15) is 28.8 Å². The Labute approximate surface area is 295 Å². The van der Waals surface area contributed by atoms with Crippen molar-refractivity contribution in [2.45, 2.75) is 96.7 Å². The predicted octanol–water partition coefficient (Wildman–Crippen LogP) is 2.91. The summed E-state index contributed by atoms with van der Waals surface area (Å²) in [6.07, 6.45) is -6.39. The van der Waals surface area contributed by atoms with E-state index >= 15 is 0 Å². The molecule has 1 aliphatic heterocycles. The molecule has 2 amide bonds. The number of hydrogen-bond acceptors (Lipinski definition) is 13. The number of fused-ring (bicyclic) bond motifs is 3. The van der Waals surface area contributed by atoms with Crippen molar-refractivity contribution in [2.75, 3.05) is 19.8 Å². The van der Waals surface area contributed by atoms with E-state index < -0.39 is 91.4 Å². The zero-order valence-corrected chi connectivity index (χ0v) is 29.6. The molecule has 15 nitrogen and oxygen atoms in total. The molecule has 2 aromatic carbocycles. The number of hydrogen-bond donors (Lipinski definition) is 2. The van der Waals surface area contributed by atoms with Crippen molar-refractivity contribution < 1.29 is 61.9 Å². The highest BCUT2D eigenvalue weighted by Crippen LogP contribution is 2.44. The number of ether oxygens (including phenoxy) is 7. The second kappa shape index (κ2) is 16.8. The van der Waals surface area contributed by atoms with Crippen LogP contribution in [0.15, 0.2) is 48.5 Å². The minimum Gasteiger partial charge on any atom is -0.463 e. The summed E-state index contributed by atoms with van der Waals surface area (Å²) in [6, 6.07) is 12.9. The quantitative estimate of drug-likeness (QED) is 0.242. The average molecular weight is 713 g/mol. The number of nitrogens with one attached hydrogen (secondary N) is 2. The van der Waals surface area contributed by atoms with Gasteiger partial charge in [0, 0.05) is 33.6 Å². The maximum Gasteiger partial charge on any atom is 0.407 e. The molecule has 0 aromatic heterocycles. The largest absolute Gasteiger partial charge is 0.463 e. The van der Waals surface area contributed by atoms with Crippen LogP contribution in [-0.4, -0.2) is 98.0 Å². The molecule has 1 fully saturated rings. The summed E-state index contributed by atoms with van der Waals surface area (Å²) in [5.41, 5.74) is 3.12. The minimum atomic E-state index is -1.49. The monoisotopic (exact) mass is 712 g/mol. The van der Waals surface area contributed by atoms with Crippen molar-refractivity contribution >= 4 is 35.9 Å². The second-order valence-electron chi connectivity index (χ2n) is 13.1. The molecule has 2 aromatic rings. The van der Waals surface area contributed by atoms with Crippen LogP contribution < -0.4 is 10.6 Å². The van der Waals surface area contributed by atoms with E-state index in [0.717, 1.165) is 43.0 Å². The first kappa shape index (κ1) is 38.8. The van der Waals surface area contributed by atoms with Gasteiger partial charge in [-0.25, -0.2) is 9.59 Å². The molecule has 51 heavy (non-hydrogen) atoms. The first-order valence-electron chi connectivity index (χ1n) is 16.4. The molecule has 2 N–H and O–H groups in total. The highest BCUT2D eigenvalue weighted by molar-refractivity contribution is 5.82. The minimum absolute atomic E-state index is 0.0302. The molecule has 1 heterocycles. The van der Waals surface area contributed by atoms with Crippen LogP contribution in [0, 0.1) is 0 Å². The lowest BCUT2D eigenvalue weighted by Gasteiger charge is -2.45. The van der Waals surface area contributed by atoms with Gasteiger partial charge in [0.2, 0.25) is 5.91 Å². The molecule has 276 valence electrons. The van der Waals surface area contributed by atoms with Crippen LogP contribution in [0.25, 0.3) is 11.1 Å². The van der Waals surface area contributed by atoms with E-state index in [0.29, 0.717) is 0 Å². The first-order chi connectivity index (χ1) is 24.0. The number of alkyl carbamates (subject to hydrolysis) is 1. The normalized spacial score (nSPS) is 21.6. The molecule has 0 spiro atoms. The third-order valence-electron chi connectivity index (χ3n) is 7.83. The summed E-state index contributed by atoms with van der Waals surface area (Å²) >= 11 is 0. The number of benzene rings is 2. The van der Waals surface area contributed by atoms with Gasteiger partial charge in [-0.2, -0.15) is 0 Å². The van der Waals surface area contributed by atoms with E-state index in [1.54, 1.807) is 20.8 Å². The van der Waals surface area contributed by atoms with Crippen molar-refractivity contribution in [3.63, 3.8) is 0 Å². The standard InChI is InChI=1S/C36H44N2O13/c1-19(39)37-30-32(49-22(4)42)31(48-21(3)41)29(18-45-20(2)40)50-34(30)46-17-28(33(43)51-36(5,6)7)38-35(44)47-16-27-25-14-10-8-12-23(25)24-13-9-11-15-26(24)27/h8-15,27-32,34H,16-18H2,1-7H3,(H,37,39)(H,38,44)/t28-,29+,30+,31-,32+,34?/m0/s1. The lowest BCUT2D eigenvalue weighted by atomic mass is 9.96. The summed E-state index contributed by atoms with van der Waals surface area (Å²) < 4.78 is 39.2. The highest BCUT2D eigenvalue weighted by atomic mass is 16.7. The fourth-order valence-corrected chi connectivity index (χ4v) is 5.95. The van der Waals surface area contributed by atoms with Crippen LogP contribution in [0.2, 0.25) is 0 Å². The molecule has 0 bridgehead atoms. The van der Waals surface area contributed by atoms with Crippen LogP contribution in [0.5, 0.6) is 0 Å². The maximum absolute atomic E-state index is 13.4. The third kappa shape index (κ3) is 10.5. The lowest BCUT2D eigenvalue weighted by Crippen LogP contribution is -2.67. The third-order valence-corrected chi connectivity index (χ3v) is 7.83. The van der Waals surface area contributed by atoms with Crippen LogP contribution in [0.4, 0.5) is 4.79 Å². The summed E-state index contributed by atoms with van der Waals surface area (Å²) in [6.45, 7) is 8.44. The lowest BCUT2D eigenvalue weighted by molar-refractivity contribution is -0.278. The van der Waals surface area contributed by atoms with E-state index in [1.807, 2.05) is 48.5 Å². The van der Waals surface area contributed by atoms with Gasteiger partial charge in [-0.05, 0) is 43.0 Å². The van der Waals surface area contributed by atoms with Gasteiger partial charge in [0.1, 0.15) is 31.0 Å². The average Bonchev–Trinajstić information content (AvgIpc) is 3.35. The zero-order valence-electron chi connectivity index (χ0n) is 29.6. The Morgan fingerprint density at radius 1 is 0.765 bits per heavy atom. The van der Waals surface area contributed by atoms with Crippen molar-refractivity contribution in [1.82, 2.24) is 10.6 Å². The van der Waals surface area contributed by atoms with E-state index in [4.69, 9.17) is 33.2 Å². The van der Waals surface area contributed by atoms with Crippen molar-refractivity contribution in [2.24, 2.45) is 0 Å². The van der Waals surface area contributed by atoms with Crippen molar-refractivity contribution in [3.05, 3.63) is 59.7 Å². The number of rotatable bonds is 12. The molecule has 1 saturated heterocycles. The Kier molecular flexibility index (Phi) is 12.8. The molecular formula is C36H44N2O13. The van der Waals surface area contributed by atoms with Gasteiger partial charge in [0.05, 0.1) is 6.61 Å². The Hall–Kier alpha value is -5.02. The Morgan fingerprint density at radius 2 is 1.33 bits per heavy atom. The second-order valence-corrected chi connectivity index (χ2v) is 13.1. The Bertz CT molecular complexity index is 1570. The van der Waals surface area contributed by atoms with Crippen LogP contribution in [0.1, 0.15) is 65.5 Å². The van der Waals surface area contributed by atoms with Gasteiger partial charge in [0.15, 0.2) is 24.5 Å². The predicted molar refractivity (Wildman–Crippen MR) is 178 cm³/mol. The SMILES string of the molecule is CC(=O)N[C@H]1C(OC[C@H](NC(=O)OCC2c3ccccc3-c3ccccc32)C(=O)OC(C)(C)C)O[C@H](COC(C)=O)[C@H](OC(C)=O)[C@@H]1OC(C)=O. The highest BCUT2D eigenvalue weighted by Gasteiger charge is 2.51. The number of carbonyl (C=O) groups excluding carboxylic acids is 6. The first-order valence-corrected chi connectivity index (χ1v) is 16.4. The molecular weight excluding hydrogens is 668 g/mol. The topological polar surface area (TPSA) is 191 Å². The van der Waals surface area contributed by atoms with Crippen molar-refractivity contribution in [3.8, 4) is 11.1 Å². The van der Waals surface area contributed by atoms with Crippen LogP contribution in [-0.2, 0) is 57.1 Å². The molecule has 1 aliphatic carbocycles. The van der Waals surface area contributed by atoms with Crippen LogP contribution >= 0.6 is 0 Å².